The Morgan fingerprint density at radius 3 is 2.02 bits per heavy atom. The molecule has 0 heterocycles. The van der Waals surface area contributed by atoms with Gasteiger partial charge in [0.1, 0.15) is 0 Å². The molecular formula is C53H45N3. The molecule has 3 heteroatoms. The number of fused-ring (bicyclic) bond motifs is 3. The minimum absolute atomic E-state index is 0.0428. The highest BCUT2D eigenvalue weighted by atomic mass is 15.2. The summed E-state index contributed by atoms with van der Waals surface area (Å²) in [5.74, 6) is 7.27. The van der Waals surface area contributed by atoms with E-state index in [-0.39, 0.29) is 5.41 Å². The molecule has 6 aromatic rings. The zero-order valence-corrected chi connectivity index (χ0v) is 32.2. The first-order valence-corrected chi connectivity index (χ1v) is 19.6. The molecule has 0 spiro atoms. The van der Waals surface area contributed by atoms with Crippen LogP contribution in [-0.2, 0) is 5.41 Å². The van der Waals surface area contributed by atoms with Crippen molar-refractivity contribution in [3.05, 3.63) is 204 Å². The van der Waals surface area contributed by atoms with Crippen LogP contribution in [0.4, 0.5) is 39.8 Å². The Kier molecular flexibility index (Phi) is 9.25. The Hall–Kier alpha value is -6.76. The SMILES string of the molecule is CC1C=CC(N(c2ccc(N(c3ccccc3)c3ccc4c(c3)-c3ccccc3C4(C)C)cc2)c2ccc(Nc3ccccc3)c(C3=CC=CCC#C3)c2)=CC1. The molecule has 0 amide bonds. The van der Waals surface area contributed by atoms with E-state index in [2.05, 4.69) is 224 Å². The van der Waals surface area contributed by atoms with Gasteiger partial charge in [0, 0.05) is 68.5 Å². The Morgan fingerprint density at radius 2 is 1.25 bits per heavy atom. The molecule has 56 heavy (non-hydrogen) atoms. The van der Waals surface area contributed by atoms with Crippen LogP contribution in [0, 0.1) is 17.8 Å². The van der Waals surface area contributed by atoms with Gasteiger partial charge < -0.3 is 15.1 Å². The molecule has 1 N–H and O–H groups in total. The van der Waals surface area contributed by atoms with Gasteiger partial charge in [0.15, 0.2) is 0 Å². The first-order valence-electron chi connectivity index (χ1n) is 19.6. The average molecular weight is 724 g/mol. The van der Waals surface area contributed by atoms with Gasteiger partial charge in [-0.2, -0.15) is 0 Å². The van der Waals surface area contributed by atoms with E-state index >= 15 is 0 Å². The van der Waals surface area contributed by atoms with Crippen LogP contribution in [0.5, 0.6) is 0 Å². The summed E-state index contributed by atoms with van der Waals surface area (Å²) in [4.78, 5) is 4.75. The fraction of sp³-hybridized carbons (Fsp3) is 0.132. The van der Waals surface area contributed by atoms with E-state index < -0.39 is 0 Å². The second kappa shape index (κ2) is 14.8. The summed E-state index contributed by atoms with van der Waals surface area (Å²) < 4.78 is 0. The van der Waals surface area contributed by atoms with Crippen LogP contribution in [0.25, 0.3) is 16.7 Å². The van der Waals surface area contributed by atoms with Crippen molar-refractivity contribution < 1.29 is 0 Å². The predicted molar refractivity (Wildman–Crippen MR) is 238 cm³/mol. The molecule has 3 aliphatic rings. The lowest BCUT2D eigenvalue weighted by Crippen LogP contribution is -2.18. The summed E-state index contributed by atoms with van der Waals surface area (Å²) in [6.45, 7) is 6.94. The molecule has 0 aromatic heterocycles. The molecular weight excluding hydrogens is 679 g/mol. The highest BCUT2D eigenvalue weighted by molar-refractivity contribution is 5.91. The van der Waals surface area contributed by atoms with Crippen molar-refractivity contribution in [2.45, 2.75) is 39.0 Å². The van der Waals surface area contributed by atoms with Gasteiger partial charge in [-0.3, -0.25) is 0 Å². The van der Waals surface area contributed by atoms with Gasteiger partial charge in [-0.25, -0.2) is 0 Å². The van der Waals surface area contributed by atoms with E-state index in [1.807, 2.05) is 6.07 Å². The van der Waals surface area contributed by atoms with Crippen molar-refractivity contribution >= 4 is 45.4 Å². The zero-order chi connectivity index (χ0) is 38.1. The van der Waals surface area contributed by atoms with E-state index in [1.165, 1.54) is 22.3 Å². The van der Waals surface area contributed by atoms with Crippen molar-refractivity contribution in [3.63, 3.8) is 0 Å². The molecule has 0 fully saturated rings. The number of nitrogens with one attached hydrogen (secondary N) is 1. The van der Waals surface area contributed by atoms with Gasteiger partial charge in [-0.1, -0.05) is 124 Å². The molecule has 3 aliphatic carbocycles. The number of hydrogen-bond acceptors (Lipinski definition) is 3. The number of nitrogens with zero attached hydrogens (tertiary/aromatic N) is 2. The number of anilines is 7. The third-order valence-corrected chi connectivity index (χ3v) is 11.2. The summed E-state index contributed by atoms with van der Waals surface area (Å²) >= 11 is 0. The Bertz CT molecular complexity index is 2600. The van der Waals surface area contributed by atoms with Crippen molar-refractivity contribution in [1.29, 1.82) is 0 Å². The van der Waals surface area contributed by atoms with Gasteiger partial charge in [0.25, 0.3) is 0 Å². The molecule has 6 aromatic carbocycles. The lowest BCUT2D eigenvalue weighted by molar-refractivity contribution is 0.660. The van der Waals surface area contributed by atoms with Gasteiger partial charge in [0.05, 0.1) is 0 Å². The minimum Gasteiger partial charge on any atom is -0.355 e. The molecule has 0 radical (unpaired) electrons. The summed E-state index contributed by atoms with van der Waals surface area (Å²) in [7, 11) is 0. The number of para-hydroxylation sites is 2. The van der Waals surface area contributed by atoms with Crippen molar-refractivity contribution in [1.82, 2.24) is 0 Å². The van der Waals surface area contributed by atoms with Crippen molar-refractivity contribution in [3.8, 4) is 23.0 Å². The average Bonchev–Trinajstić information content (AvgIpc) is 3.38. The number of hydrogen-bond donors (Lipinski definition) is 1. The Labute approximate surface area is 331 Å². The highest BCUT2D eigenvalue weighted by Crippen LogP contribution is 2.50. The number of rotatable bonds is 9. The fourth-order valence-corrected chi connectivity index (χ4v) is 8.27. The van der Waals surface area contributed by atoms with E-state index in [1.54, 1.807) is 0 Å². The van der Waals surface area contributed by atoms with Crippen LogP contribution < -0.4 is 15.1 Å². The zero-order valence-electron chi connectivity index (χ0n) is 32.2. The maximum atomic E-state index is 3.67. The lowest BCUT2D eigenvalue weighted by atomic mass is 9.82. The van der Waals surface area contributed by atoms with Gasteiger partial charge in [-0.05, 0) is 126 Å². The summed E-state index contributed by atoms with van der Waals surface area (Å²) in [6, 6.07) is 52.6. The molecule has 0 saturated carbocycles. The molecule has 9 rings (SSSR count). The number of allylic oxidation sites excluding steroid dienone is 7. The highest BCUT2D eigenvalue weighted by Gasteiger charge is 2.35. The standard InChI is InChI=1S/C53H45N3/c1-38-24-26-42(27-25-38)56(46-33-35-52(54-40-18-10-6-11-19-40)48(36-46)39-16-8-4-5-9-17-39)44-30-28-43(29-31-44)55(41-20-12-7-13-21-41)45-32-34-51-49(37-45)47-22-14-15-23-50(47)53(51,2)3/h4,6-8,10-16,18-24,26-38,54H,5,25H2,1-3H3. The van der Waals surface area contributed by atoms with Gasteiger partial charge >= 0.3 is 0 Å². The topological polar surface area (TPSA) is 18.5 Å². The van der Waals surface area contributed by atoms with E-state index in [0.29, 0.717) is 5.92 Å². The van der Waals surface area contributed by atoms with Crippen LogP contribution in [-0.4, -0.2) is 0 Å². The lowest BCUT2D eigenvalue weighted by Gasteiger charge is -2.31. The minimum atomic E-state index is -0.0428. The number of benzene rings is 6. The fourth-order valence-electron chi connectivity index (χ4n) is 8.27. The first kappa shape index (κ1) is 35.0. The van der Waals surface area contributed by atoms with Crippen LogP contribution >= 0.6 is 0 Å². The van der Waals surface area contributed by atoms with E-state index in [4.69, 9.17) is 0 Å². The second-order valence-corrected chi connectivity index (χ2v) is 15.4. The molecule has 3 nitrogen and oxygen atoms in total. The molecule has 0 aliphatic heterocycles. The monoisotopic (exact) mass is 723 g/mol. The third kappa shape index (κ3) is 6.65. The van der Waals surface area contributed by atoms with E-state index in [0.717, 1.165) is 69.5 Å². The van der Waals surface area contributed by atoms with Crippen LogP contribution in [0.2, 0.25) is 0 Å². The maximum absolute atomic E-state index is 3.67. The molecule has 0 bridgehead atoms. The summed E-state index contributed by atoms with van der Waals surface area (Å²) in [5, 5.41) is 3.67. The Morgan fingerprint density at radius 1 is 0.625 bits per heavy atom. The van der Waals surface area contributed by atoms with Gasteiger partial charge in [0.2, 0.25) is 0 Å². The second-order valence-electron chi connectivity index (χ2n) is 15.4. The Balaban J connectivity index is 1.14. The normalized spacial score (nSPS) is 16.0. The molecule has 1 atom stereocenters. The van der Waals surface area contributed by atoms with Crippen LogP contribution in [0.3, 0.4) is 0 Å². The van der Waals surface area contributed by atoms with Crippen LogP contribution in [0.15, 0.2) is 188 Å². The predicted octanol–water partition coefficient (Wildman–Crippen LogP) is 14.2. The smallest absolute Gasteiger partial charge is 0.0472 e. The van der Waals surface area contributed by atoms with Gasteiger partial charge in [-0.15, -0.1) is 0 Å². The summed E-state index contributed by atoms with van der Waals surface area (Å²) in [5.41, 5.74) is 16.1. The molecule has 272 valence electrons. The van der Waals surface area contributed by atoms with E-state index in [9.17, 15) is 0 Å². The van der Waals surface area contributed by atoms with Crippen molar-refractivity contribution in [2.24, 2.45) is 5.92 Å². The molecule has 1 unspecified atom stereocenters. The quantitative estimate of drug-likeness (QED) is 0.150. The molecule has 0 saturated heterocycles. The summed E-state index contributed by atoms with van der Waals surface area (Å²) in [6.07, 6.45) is 15.0. The van der Waals surface area contributed by atoms with Crippen LogP contribution in [0.1, 0.15) is 50.3 Å². The largest absolute Gasteiger partial charge is 0.355 e. The van der Waals surface area contributed by atoms with Crippen molar-refractivity contribution in [2.75, 3.05) is 15.1 Å². The third-order valence-electron chi connectivity index (χ3n) is 11.2. The first-order chi connectivity index (χ1) is 27.4. The maximum Gasteiger partial charge on any atom is 0.0472 e.